The molecule has 142 valence electrons. The van der Waals surface area contributed by atoms with E-state index in [1.54, 1.807) is 18.0 Å². The Labute approximate surface area is 172 Å². The summed E-state index contributed by atoms with van der Waals surface area (Å²) in [5.74, 6) is 1.34. The Balaban J connectivity index is 1.82. The van der Waals surface area contributed by atoms with Crippen LogP contribution in [-0.2, 0) is 0 Å². The van der Waals surface area contributed by atoms with E-state index >= 15 is 0 Å². The average Bonchev–Trinajstić information content (AvgIpc) is 2.73. The molecule has 0 saturated carbocycles. The van der Waals surface area contributed by atoms with E-state index in [0.29, 0.717) is 5.92 Å². The summed E-state index contributed by atoms with van der Waals surface area (Å²) in [7, 11) is 0. The molecule has 3 aromatic rings. The monoisotopic (exact) mass is 387 g/mol. The van der Waals surface area contributed by atoms with E-state index in [2.05, 4.69) is 38.1 Å². The SMILES string of the molecule is CC(=C\Oc1ccc(C(C)C)cc1)/C(=N/c1ccccc1)Sc1ccccc1. The second kappa shape index (κ2) is 9.95. The van der Waals surface area contributed by atoms with E-state index in [1.165, 1.54) is 5.56 Å². The third-order valence-electron chi connectivity index (χ3n) is 4.20. The van der Waals surface area contributed by atoms with Crippen molar-refractivity contribution in [2.45, 2.75) is 31.6 Å². The Kier molecular flexibility index (Phi) is 7.10. The van der Waals surface area contributed by atoms with Crippen LogP contribution in [0.3, 0.4) is 0 Å². The molecule has 0 aliphatic rings. The van der Waals surface area contributed by atoms with Gasteiger partial charge in [-0.2, -0.15) is 0 Å². The first-order valence-corrected chi connectivity index (χ1v) is 10.2. The Morgan fingerprint density at radius 2 is 1.46 bits per heavy atom. The highest BCUT2D eigenvalue weighted by Crippen LogP contribution is 2.27. The van der Waals surface area contributed by atoms with Crippen LogP contribution in [0.5, 0.6) is 5.75 Å². The van der Waals surface area contributed by atoms with Gasteiger partial charge < -0.3 is 4.74 Å². The Morgan fingerprint density at radius 3 is 2.07 bits per heavy atom. The maximum absolute atomic E-state index is 5.90. The number of hydrogen-bond donors (Lipinski definition) is 0. The number of aliphatic imine (C=N–C) groups is 1. The number of rotatable bonds is 6. The summed E-state index contributed by atoms with van der Waals surface area (Å²) in [6, 6.07) is 28.5. The molecule has 0 aromatic heterocycles. The number of ether oxygens (including phenoxy) is 1. The summed E-state index contributed by atoms with van der Waals surface area (Å²) in [4.78, 5) is 5.98. The van der Waals surface area contributed by atoms with Gasteiger partial charge in [0.25, 0.3) is 0 Å². The standard InChI is InChI=1S/C25H25NOS/c1-19(2)21-14-16-23(17-15-21)27-18-20(3)25(26-22-10-6-4-7-11-22)28-24-12-8-5-9-13-24/h4-19H,1-3H3/b20-18+,26-25-. The molecule has 0 saturated heterocycles. The van der Waals surface area contributed by atoms with Crippen LogP contribution in [0.4, 0.5) is 5.69 Å². The minimum atomic E-state index is 0.512. The summed E-state index contributed by atoms with van der Waals surface area (Å²) in [5.41, 5.74) is 3.21. The van der Waals surface area contributed by atoms with E-state index in [4.69, 9.17) is 9.73 Å². The molecule has 0 radical (unpaired) electrons. The molecule has 3 aromatic carbocycles. The zero-order chi connectivity index (χ0) is 19.8. The van der Waals surface area contributed by atoms with E-state index < -0.39 is 0 Å². The van der Waals surface area contributed by atoms with Crippen molar-refractivity contribution >= 4 is 22.5 Å². The highest BCUT2D eigenvalue weighted by molar-refractivity contribution is 8.14. The van der Waals surface area contributed by atoms with E-state index in [9.17, 15) is 0 Å². The van der Waals surface area contributed by atoms with Gasteiger partial charge in [0.1, 0.15) is 10.8 Å². The third kappa shape index (κ3) is 5.86. The van der Waals surface area contributed by atoms with Gasteiger partial charge in [-0.1, -0.05) is 74.1 Å². The van der Waals surface area contributed by atoms with Crippen molar-refractivity contribution in [2.24, 2.45) is 4.99 Å². The van der Waals surface area contributed by atoms with Crippen molar-refractivity contribution in [1.29, 1.82) is 0 Å². The highest BCUT2D eigenvalue weighted by Gasteiger charge is 2.07. The summed E-state index contributed by atoms with van der Waals surface area (Å²) < 4.78 is 5.90. The van der Waals surface area contributed by atoms with Crippen LogP contribution in [-0.4, -0.2) is 5.04 Å². The molecule has 0 amide bonds. The Hall–Kier alpha value is -2.78. The average molecular weight is 388 g/mol. The van der Waals surface area contributed by atoms with E-state index in [0.717, 1.165) is 26.9 Å². The molecule has 0 aliphatic heterocycles. The van der Waals surface area contributed by atoms with Crippen molar-refractivity contribution in [1.82, 2.24) is 0 Å². The largest absolute Gasteiger partial charge is 0.465 e. The Bertz CT molecular complexity index is 929. The first-order valence-electron chi connectivity index (χ1n) is 9.42. The van der Waals surface area contributed by atoms with Crippen LogP contribution in [0.25, 0.3) is 0 Å². The molecule has 0 bridgehead atoms. The summed E-state index contributed by atoms with van der Waals surface area (Å²) >= 11 is 1.63. The van der Waals surface area contributed by atoms with Gasteiger partial charge in [-0.3, -0.25) is 0 Å². The van der Waals surface area contributed by atoms with Crippen LogP contribution in [0.15, 0.2) is 107 Å². The van der Waals surface area contributed by atoms with Crippen LogP contribution in [0, 0.1) is 0 Å². The van der Waals surface area contributed by atoms with Gasteiger partial charge in [0.15, 0.2) is 0 Å². The normalized spacial score (nSPS) is 12.3. The molecule has 28 heavy (non-hydrogen) atoms. The first-order chi connectivity index (χ1) is 13.6. The molecular formula is C25H25NOS. The zero-order valence-corrected chi connectivity index (χ0v) is 17.3. The maximum atomic E-state index is 5.90. The number of benzene rings is 3. The molecule has 0 unspecified atom stereocenters. The summed E-state index contributed by atoms with van der Waals surface area (Å²) in [6.45, 7) is 6.40. The second-order valence-corrected chi connectivity index (χ2v) is 7.87. The fourth-order valence-electron chi connectivity index (χ4n) is 2.55. The van der Waals surface area contributed by atoms with Gasteiger partial charge in [-0.15, -0.1) is 0 Å². The van der Waals surface area contributed by atoms with Crippen molar-refractivity contribution in [3.63, 3.8) is 0 Å². The van der Waals surface area contributed by atoms with Gasteiger partial charge in [-0.05, 0) is 54.8 Å². The molecule has 0 spiro atoms. The van der Waals surface area contributed by atoms with Crippen LogP contribution < -0.4 is 4.74 Å². The quantitative estimate of drug-likeness (QED) is 0.188. The lowest BCUT2D eigenvalue weighted by molar-refractivity contribution is 0.478. The van der Waals surface area contributed by atoms with Gasteiger partial charge >= 0.3 is 0 Å². The van der Waals surface area contributed by atoms with Crippen LogP contribution >= 0.6 is 11.8 Å². The summed E-state index contributed by atoms with van der Waals surface area (Å²) in [5, 5.41) is 0.913. The molecule has 0 aliphatic carbocycles. The summed E-state index contributed by atoms with van der Waals surface area (Å²) in [6.07, 6.45) is 1.78. The number of thioether (sulfide) groups is 1. The molecule has 0 fully saturated rings. The molecule has 0 N–H and O–H groups in total. The van der Waals surface area contributed by atoms with Gasteiger partial charge in [0.05, 0.1) is 11.9 Å². The molecular weight excluding hydrogens is 362 g/mol. The van der Waals surface area contributed by atoms with Crippen LogP contribution in [0.2, 0.25) is 0 Å². The van der Waals surface area contributed by atoms with E-state index in [-0.39, 0.29) is 0 Å². The molecule has 3 heteroatoms. The fourth-order valence-corrected chi connectivity index (χ4v) is 3.43. The van der Waals surface area contributed by atoms with Crippen LogP contribution in [0.1, 0.15) is 32.3 Å². The van der Waals surface area contributed by atoms with Crippen molar-refractivity contribution < 1.29 is 4.74 Å². The van der Waals surface area contributed by atoms with Crippen molar-refractivity contribution in [3.8, 4) is 5.75 Å². The lowest BCUT2D eigenvalue weighted by Gasteiger charge is -2.09. The Morgan fingerprint density at radius 1 is 0.857 bits per heavy atom. The lowest BCUT2D eigenvalue weighted by atomic mass is 10.0. The number of para-hydroxylation sites is 1. The van der Waals surface area contributed by atoms with Crippen molar-refractivity contribution in [3.05, 3.63) is 102 Å². The predicted molar refractivity (Wildman–Crippen MR) is 121 cm³/mol. The molecule has 0 heterocycles. The predicted octanol–water partition coefficient (Wildman–Crippen LogP) is 7.62. The fraction of sp³-hybridized carbons (Fsp3) is 0.160. The van der Waals surface area contributed by atoms with Gasteiger partial charge in [0.2, 0.25) is 0 Å². The van der Waals surface area contributed by atoms with Crippen molar-refractivity contribution in [2.75, 3.05) is 0 Å². The molecule has 0 atom stereocenters. The topological polar surface area (TPSA) is 21.6 Å². The molecule has 3 rings (SSSR count). The minimum Gasteiger partial charge on any atom is -0.465 e. The number of nitrogens with zero attached hydrogens (tertiary/aromatic N) is 1. The molecule has 2 nitrogen and oxygen atoms in total. The smallest absolute Gasteiger partial charge is 0.126 e. The van der Waals surface area contributed by atoms with Gasteiger partial charge in [-0.25, -0.2) is 4.99 Å². The highest BCUT2D eigenvalue weighted by atomic mass is 32.2. The second-order valence-electron chi connectivity index (χ2n) is 6.81. The zero-order valence-electron chi connectivity index (χ0n) is 16.5. The minimum absolute atomic E-state index is 0.512. The lowest BCUT2D eigenvalue weighted by Crippen LogP contribution is -1.97. The van der Waals surface area contributed by atoms with E-state index in [1.807, 2.05) is 67.6 Å². The number of hydrogen-bond acceptors (Lipinski definition) is 3. The van der Waals surface area contributed by atoms with Gasteiger partial charge in [0, 0.05) is 10.5 Å². The maximum Gasteiger partial charge on any atom is 0.126 e. The first kappa shape index (κ1) is 20.0. The third-order valence-corrected chi connectivity index (χ3v) is 5.31.